The van der Waals surface area contributed by atoms with E-state index in [0.29, 0.717) is 23.7 Å². The predicted molar refractivity (Wildman–Crippen MR) is 118 cm³/mol. The Kier molecular flexibility index (Phi) is 7.08. The second-order valence-corrected chi connectivity index (χ2v) is 7.20. The Balaban J connectivity index is 1.59. The zero-order valence-corrected chi connectivity index (χ0v) is 17.2. The van der Waals surface area contributed by atoms with Crippen molar-refractivity contribution in [2.75, 3.05) is 25.0 Å². The third kappa shape index (κ3) is 5.48. The first-order valence-corrected chi connectivity index (χ1v) is 10.3. The van der Waals surface area contributed by atoms with Crippen LogP contribution < -0.4 is 10.1 Å². The van der Waals surface area contributed by atoms with Crippen LogP contribution in [0.5, 0.6) is 5.75 Å². The van der Waals surface area contributed by atoms with Crippen LogP contribution >= 0.6 is 11.8 Å². The zero-order chi connectivity index (χ0) is 20.6. The number of anilines is 1. The molecule has 0 aliphatic carbocycles. The van der Waals surface area contributed by atoms with Crippen LogP contribution in [0.15, 0.2) is 64.5 Å². The molecule has 2 aromatic carbocycles. The van der Waals surface area contributed by atoms with E-state index < -0.39 is 0 Å². The predicted octanol–water partition coefficient (Wildman–Crippen LogP) is 4.02. The number of thioether (sulfide) groups is 1. The van der Waals surface area contributed by atoms with Gasteiger partial charge in [0, 0.05) is 18.8 Å². The molecule has 150 valence electrons. The van der Waals surface area contributed by atoms with E-state index in [1.54, 1.807) is 17.0 Å². The zero-order valence-electron chi connectivity index (χ0n) is 16.4. The first kappa shape index (κ1) is 20.7. The van der Waals surface area contributed by atoms with Crippen molar-refractivity contribution >= 4 is 40.5 Å². The molecule has 0 saturated carbocycles. The molecule has 0 spiro atoms. The van der Waals surface area contributed by atoms with Crippen LogP contribution in [-0.4, -0.2) is 41.6 Å². The standard InChI is InChI=1S/C22H23N3O3S/c1-3-23-22-25(4-2)21(27)19(29-22)14-16-10-12-18(13-11-16)28-15-20(26)24-17-8-6-5-7-9-17/h5-14H,3-4,15H2,1-2H3,(H,24,26)/b19-14-,23-22?. The van der Waals surface area contributed by atoms with Crippen molar-refractivity contribution < 1.29 is 14.3 Å². The van der Waals surface area contributed by atoms with Crippen molar-refractivity contribution in [1.82, 2.24) is 4.90 Å². The smallest absolute Gasteiger partial charge is 0.266 e. The number of amides is 2. The number of amidine groups is 1. The summed E-state index contributed by atoms with van der Waals surface area (Å²) in [6.07, 6.45) is 1.85. The molecular weight excluding hydrogens is 386 g/mol. The Morgan fingerprint density at radius 1 is 1.14 bits per heavy atom. The van der Waals surface area contributed by atoms with E-state index >= 15 is 0 Å². The minimum absolute atomic E-state index is 0.0254. The average Bonchev–Trinajstić information content (AvgIpc) is 3.02. The fourth-order valence-corrected chi connectivity index (χ4v) is 3.82. The van der Waals surface area contributed by atoms with Gasteiger partial charge in [0.25, 0.3) is 11.8 Å². The van der Waals surface area contributed by atoms with E-state index in [9.17, 15) is 9.59 Å². The summed E-state index contributed by atoms with van der Waals surface area (Å²) in [5.41, 5.74) is 1.62. The molecule has 2 amide bonds. The van der Waals surface area contributed by atoms with E-state index in [1.165, 1.54) is 11.8 Å². The highest BCUT2D eigenvalue weighted by Gasteiger charge is 2.31. The third-order valence-corrected chi connectivity index (χ3v) is 5.15. The highest BCUT2D eigenvalue weighted by molar-refractivity contribution is 8.18. The Labute approximate surface area is 174 Å². The second-order valence-electron chi connectivity index (χ2n) is 6.19. The van der Waals surface area contributed by atoms with Crippen LogP contribution in [0.2, 0.25) is 0 Å². The molecule has 0 bridgehead atoms. The van der Waals surface area contributed by atoms with Gasteiger partial charge in [0.2, 0.25) is 0 Å². The van der Waals surface area contributed by atoms with Gasteiger partial charge in [-0.3, -0.25) is 19.5 Å². The first-order chi connectivity index (χ1) is 14.1. The Hall–Kier alpha value is -3.06. The van der Waals surface area contributed by atoms with Crippen LogP contribution in [0.3, 0.4) is 0 Å². The molecule has 1 saturated heterocycles. The summed E-state index contributed by atoms with van der Waals surface area (Å²) < 4.78 is 5.54. The van der Waals surface area contributed by atoms with Crippen LogP contribution in [0.1, 0.15) is 19.4 Å². The largest absolute Gasteiger partial charge is 0.484 e. The average molecular weight is 410 g/mol. The monoisotopic (exact) mass is 409 g/mol. The molecular formula is C22H23N3O3S. The molecule has 1 aliphatic heterocycles. The van der Waals surface area contributed by atoms with Crippen molar-refractivity contribution in [3.63, 3.8) is 0 Å². The lowest BCUT2D eigenvalue weighted by Gasteiger charge is -2.11. The first-order valence-electron chi connectivity index (χ1n) is 9.44. The van der Waals surface area contributed by atoms with Crippen LogP contribution in [0.25, 0.3) is 6.08 Å². The number of ether oxygens (including phenoxy) is 1. The molecule has 1 heterocycles. The molecule has 0 atom stereocenters. The summed E-state index contributed by atoms with van der Waals surface area (Å²) in [5.74, 6) is 0.338. The number of likely N-dealkylation sites (N-methyl/N-ethyl adjacent to an activating group) is 1. The summed E-state index contributed by atoms with van der Waals surface area (Å²) in [6.45, 7) is 5.05. The van der Waals surface area contributed by atoms with E-state index in [-0.39, 0.29) is 18.4 Å². The molecule has 0 unspecified atom stereocenters. The fourth-order valence-electron chi connectivity index (χ4n) is 2.72. The van der Waals surface area contributed by atoms with Crippen molar-refractivity contribution in [3.8, 4) is 5.75 Å². The SMILES string of the molecule is CCN=C1S/C(=C\c2ccc(OCC(=O)Nc3ccccc3)cc2)C(=O)N1CC. The summed E-state index contributed by atoms with van der Waals surface area (Å²) >= 11 is 1.39. The molecule has 0 radical (unpaired) electrons. The highest BCUT2D eigenvalue weighted by Crippen LogP contribution is 2.32. The number of hydrogen-bond donors (Lipinski definition) is 1. The summed E-state index contributed by atoms with van der Waals surface area (Å²) in [4.78, 5) is 31.2. The molecule has 1 aliphatic rings. The molecule has 7 heteroatoms. The van der Waals surface area contributed by atoms with Gasteiger partial charge >= 0.3 is 0 Å². The van der Waals surface area contributed by atoms with E-state index in [4.69, 9.17) is 4.74 Å². The van der Waals surface area contributed by atoms with Crippen molar-refractivity contribution in [2.45, 2.75) is 13.8 Å². The summed E-state index contributed by atoms with van der Waals surface area (Å²) in [7, 11) is 0. The fraction of sp³-hybridized carbons (Fsp3) is 0.227. The number of nitrogens with one attached hydrogen (secondary N) is 1. The van der Waals surface area contributed by atoms with Gasteiger partial charge in [-0.15, -0.1) is 0 Å². The van der Waals surface area contributed by atoms with Gasteiger partial charge in [-0.05, 0) is 61.5 Å². The van der Waals surface area contributed by atoms with Gasteiger partial charge in [0.15, 0.2) is 11.8 Å². The third-order valence-electron chi connectivity index (χ3n) is 4.10. The number of benzene rings is 2. The number of carbonyl (C=O) groups is 2. The number of hydrogen-bond acceptors (Lipinski definition) is 5. The topological polar surface area (TPSA) is 71.0 Å². The normalized spacial score (nSPS) is 16.5. The van der Waals surface area contributed by atoms with Gasteiger partial charge in [-0.1, -0.05) is 30.3 Å². The molecule has 29 heavy (non-hydrogen) atoms. The number of carbonyl (C=O) groups excluding carboxylic acids is 2. The Morgan fingerprint density at radius 3 is 2.52 bits per heavy atom. The van der Waals surface area contributed by atoms with Crippen molar-refractivity contribution in [3.05, 3.63) is 65.1 Å². The minimum atomic E-state index is -0.224. The summed E-state index contributed by atoms with van der Waals surface area (Å²) in [6, 6.07) is 16.5. The molecule has 2 aromatic rings. The van der Waals surface area contributed by atoms with Gasteiger partial charge in [0.1, 0.15) is 5.75 Å². The van der Waals surface area contributed by atoms with Crippen LogP contribution in [0.4, 0.5) is 5.69 Å². The maximum Gasteiger partial charge on any atom is 0.266 e. The maximum absolute atomic E-state index is 12.5. The van der Waals surface area contributed by atoms with Crippen LogP contribution in [0, 0.1) is 0 Å². The molecule has 1 fully saturated rings. The van der Waals surface area contributed by atoms with Gasteiger partial charge in [-0.2, -0.15) is 0 Å². The van der Waals surface area contributed by atoms with E-state index in [2.05, 4.69) is 10.3 Å². The molecule has 1 N–H and O–H groups in total. The second kappa shape index (κ2) is 9.93. The molecule has 6 nitrogen and oxygen atoms in total. The summed E-state index contributed by atoms with van der Waals surface area (Å²) in [5, 5.41) is 3.52. The Morgan fingerprint density at radius 2 is 1.86 bits per heavy atom. The van der Waals surface area contributed by atoms with E-state index in [0.717, 1.165) is 16.4 Å². The number of nitrogens with zero attached hydrogens (tertiary/aromatic N) is 2. The van der Waals surface area contributed by atoms with Crippen LogP contribution in [-0.2, 0) is 9.59 Å². The quantitative estimate of drug-likeness (QED) is 0.702. The maximum atomic E-state index is 12.5. The van der Waals surface area contributed by atoms with Gasteiger partial charge in [-0.25, -0.2) is 0 Å². The Bertz CT molecular complexity index is 924. The molecule has 3 rings (SSSR count). The lowest BCUT2D eigenvalue weighted by Crippen LogP contribution is -2.28. The van der Waals surface area contributed by atoms with Crippen molar-refractivity contribution in [1.29, 1.82) is 0 Å². The van der Waals surface area contributed by atoms with Gasteiger partial charge in [0.05, 0.1) is 4.91 Å². The lowest BCUT2D eigenvalue weighted by molar-refractivity contribution is -0.122. The lowest BCUT2D eigenvalue weighted by atomic mass is 10.2. The van der Waals surface area contributed by atoms with Crippen molar-refractivity contribution in [2.24, 2.45) is 4.99 Å². The number of para-hydroxylation sites is 1. The highest BCUT2D eigenvalue weighted by atomic mass is 32.2. The van der Waals surface area contributed by atoms with Gasteiger partial charge < -0.3 is 10.1 Å². The van der Waals surface area contributed by atoms with E-state index in [1.807, 2.05) is 62.4 Å². The molecule has 0 aromatic heterocycles. The number of aliphatic imine (C=N–C) groups is 1. The minimum Gasteiger partial charge on any atom is -0.484 e. The number of rotatable bonds is 7.